The molecule has 0 aliphatic heterocycles. The second-order valence-corrected chi connectivity index (χ2v) is 4.97. The van der Waals surface area contributed by atoms with Gasteiger partial charge in [-0.2, -0.15) is 5.10 Å². The molecule has 0 aliphatic rings. The molecule has 0 saturated carbocycles. The number of hydrogen-bond donors (Lipinski definition) is 1. The molecule has 3 rings (SSSR count). The van der Waals surface area contributed by atoms with Gasteiger partial charge in [0.1, 0.15) is 6.54 Å². The molecule has 7 heteroatoms. The predicted octanol–water partition coefficient (Wildman–Crippen LogP) is 1.49. The van der Waals surface area contributed by atoms with Crippen LogP contribution in [0.25, 0.3) is 10.8 Å². The molecule has 6 nitrogen and oxygen atoms in total. The van der Waals surface area contributed by atoms with Gasteiger partial charge in [0.2, 0.25) is 5.91 Å². The van der Waals surface area contributed by atoms with E-state index in [2.05, 4.69) is 15.4 Å². The van der Waals surface area contributed by atoms with E-state index in [1.807, 2.05) is 12.1 Å². The average molecular weight is 286 g/mol. The van der Waals surface area contributed by atoms with Gasteiger partial charge in [-0.25, -0.2) is 9.67 Å². The molecule has 1 amide bonds. The minimum atomic E-state index is -0.329. The lowest BCUT2D eigenvalue weighted by molar-refractivity contribution is -0.117. The molecule has 2 heterocycles. The molecule has 0 spiro atoms. The fourth-order valence-corrected chi connectivity index (χ4v) is 2.37. The summed E-state index contributed by atoms with van der Waals surface area (Å²) >= 11 is 1.32. The monoisotopic (exact) mass is 286 g/mol. The van der Waals surface area contributed by atoms with Gasteiger partial charge < -0.3 is 5.32 Å². The molecule has 0 radical (unpaired) electrons. The molecule has 1 N–H and O–H groups in total. The Morgan fingerprint density at radius 3 is 3.00 bits per heavy atom. The highest BCUT2D eigenvalue weighted by Gasteiger charge is 2.09. The van der Waals surface area contributed by atoms with Crippen molar-refractivity contribution in [2.24, 2.45) is 0 Å². The van der Waals surface area contributed by atoms with Crippen molar-refractivity contribution in [2.45, 2.75) is 6.54 Å². The van der Waals surface area contributed by atoms with Crippen LogP contribution < -0.4 is 10.9 Å². The van der Waals surface area contributed by atoms with Gasteiger partial charge in [0.05, 0.1) is 11.6 Å². The smallest absolute Gasteiger partial charge is 0.275 e. The van der Waals surface area contributed by atoms with Crippen LogP contribution in [0.3, 0.4) is 0 Å². The lowest BCUT2D eigenvalue weighted by atomic mass is 10.2. The van der Waals surface area contributed by atoms with Gasteiger partial charge in [0, 0.05) is 17.0 Å². The van der Waals surface area contributed by atoms with Crippen LogP contribution in [0.5, 0.6) is 0 Å². The first-order valence-corrected chi connectivity index (χ1v) is 6.76. The largest absolute Gasteiger partial charge is 0.300 e. The van der Waals surface area contributed by atoms with Crippen LogP contribution in [0.4, 0.5) is 5.13 Å². The predicted molar refractivity (Wildman–Crippen MR) is 76.7 cm³/mol. The second-order valence-electron chi connectivity index (χ2n) is 4.08. The lowest BCUT2D eigenvalue weighted by Gasteiger charge is -2.05. The minimum Gasteiger partial charge on any atom is -0.300 e. The average Bonchev–Trinajstić information content (AvgIpc) is 2.95. The maximum absolute atomic E-state index is 12.2. The number of aromatic nitrogens is 3. The van der Waals surface area contributed by atoms with Crippen LogP contribution in [-0.2, 0) is 11.3 Å². The Hall–Kier alpha value is -2.54. The fourth-order valence-electron chi connectivity index (χ4n) is 1.82. The third-order valence-electron chi connectivity index (χ3n) is 2.73. The topological polar surface area (TPSA) is 76.9 Å². The Morgan fingerprint density at radius 2 is 2.20 bits per heavy atom. The van der Waals surface area contributed by atoms with Crippen LogP contribution in [0.15, 0.2) is 46.8 Å². The van der Waals surface area contributed by atoms with E-state index in [9.17, 15) is 9.59 Å². The van der Waals surface area contributed by atoms with Crippen LogP contribution in [0.1, 0.15) is 0 Å². The molecule has 0 unspecified atom stereocenters. The van der Waals surface area contributed by atoms with Crippen LogP contribution in [-0.4, -0.2) is 20.7 Å². The third kappa shape index (κ3) is 2.43. The Bertz CT molecular complexity index is 811. The zero-order valence-electron chi connectivity index (χ0n) is 10.3. The number of carbonyl (C=O) groups is 1. The zero-order valence-corrected chi connectivity index (χ0v) is 11.1. The van der Waals surface area contributed by atoms with E-state index in [0.717, 1.165) is 10.1 Å². The zero-order chi connectivity index (χ0) is 13.9. The second kappa shape index (κ2) is 5.22. The molecular weight excluding hydrogens is 276 g/mol. The summed E-state index contributed by atoms with van der Waals surface area (Å²) < 4.78 is 1.14. The van der Waals surface area contributed by atoms with Crippen molar-refractivity contribution in [1.29, 1.82) is 0 Å². The Kier molecular flexibility index (Phi) is 3.26. The molecule has 0 bridgehead atoms. The summed E-state index contributed by atoms with van der Waals surface area (Å²) in [5, 5.41) is 10.2. The maximum Gasteiger partial charge on any atom is 0.275 e. The number of anilines is 1. The molecule has 0 saturated heterocycles. The van der Waals surface area contributed by atoms with Crippen molar-refractivity contribution >= 4 is 33.1 Å². The van der Waals surface area contributed by atoms with E-state index in [1.165, 1.54) is 11.3 Å². The maximum atomic E-state index is 12.2. The summed E-state index contributed by atoms with van der Waals surface area (Å²) in [7, 11) is 0. The molecule has 0 fully saturated rings. The summed E-state index contributed by atoms with van der Waals surface area (Å²) in [5.41, 5.74) is -0.280. The Morgan fingerprint density at radius 1 is 1.35 bits per heavy atom. The highest BCUT2D eigenvalue weighted by atomic mass is 32.1. The fraction of sp³-hybridized carbons (Fsp3) is 0.0769. The molecule has 20 heavy (non-hydrogen) atoms. The van der Waals surface area contributed by atoms with Crippen molar-refractivity contribution in [3.05, 3.63) is 52.4 Å². The normalized spacial score (nSPS) is 10.6. The highest BCUT2D eigenvalue weighted by molar-refractivity contribution is 7.13. The number of fused-ring (bicyclic) bond motifs is 1. The van der Waals surface area contributed by atoms with Gasteiger partial charge in [-0.3, -0.25) is 9.59 Å². The number of amides is 1. The van der Waals surface area contributed by atoms with Crippen molar-refractivity contribution in [1.82, 2.24) is 14.8 Å². The van der Waals surface area contributed by atoms with Gasteiger partial charge in [-0.05, 0) is 6.07 Å². The number of thiazole rings is 1. The third-order valence-corrected chi connectivity index (χ3v) is 3.42. The Labute approximate surface area is 117 Å². The van der Waals surface area contributed by atoms with E-state index in [4.69, 9.17) is 0 Å². The van der Waals surface area contributed by atoms with Gasteiger partial charge in [-0.15, -0.1) is 11.3 Å². The highest BCUT2D eigenvalue weighted by Crippen LogP contribution is 2.10. The van der Waals surface area contributed by atoms with Gasteiger partial charge >= 0.3 is 0 Å². The van der Waals surface area contributed by atoms with E-state index in [-0.39, 0.29) is 18.0 Å². The number of carbonyl (C=O) groups excluding carboxylic acids is 1. The molecule has 3 aromatic rings. The summed E-state index contributed by atoms with van der Waals surface area (Å²) in [6, 6.07) is 7.14. The van der Waals surface area contributed by atoms with E-state index < -0.39 is 0 Å². The lowest BCUT2D eigenvalue weighted by Crippen LogP contribution is -2.29. The van der Waals surface area contributed by atoms with Crippen molar-refractivity contribution in [3.8, 4) is 0 Å². The van der Waals surface area contributed by atoms with Crippen molar-refractivity contribution in [3.63, 3.8) is 0 Å². The number of nitrogens with zero attached hydrogens (tertiary/aromatic N) is 3. The molecular formula is C13H10N4O2S. The van der Waals surface area contributed by atoms with Crippen LogP contribution >= 0.6 is 11.3 Å². The number of nitrogens with one attached hydrogen (secondary N) is 1. The SMILES string of the molecule is O=C(Cn1ncc2ccccc2c1=O)Nc1nccs1. The van der Waals surface area contributed by atoms with E-state index in [1.54, 1.807) is 29.9 Å². The first-order valence-electron chi connectivity index (χ1n) is 5.88. The van der Waals surface area contributed by atoms with Gasteiger partial charge in [0.25, 0.3) is 5.56 Å². The van der Waals surface area contributed by atoms with Crippen LogP contribution in [0.2, 0.25) is 0 Å². The summed E-state index contributed by atoms with van der Waals surface area (Å²) in [5.74, 6) is -0.329. The summed E-state index contributed by atoms with van der Waals surface area (Å²) in [4.78, 5) is 27.9. The molecule has 100 valence electrons. The minimum absolute atomic E-state index is 0.136. The molecule has 1 aromatic carbocycles. The number of benzene rings is 1. The van der Waals surface area contributed by atoms with Crippen molar-refractivity contribution in [2.75, 3.05) is 5.32 Å². The summed E-state index contributed by atoms with van der Waals surface area (Å²) in [6.45, 7) is -0.136. The molecule has 2 aromatic heterocycles. The van der Waals surface area contributed by atoms with Crippen molar-refractivity contribution < 1.29 is 4.79 Å². The quantitative estimate of drug-likeness (QED) is 0.791. The molecule has 0 aliphatic carbocycles. The first kappa shape index (κ1) is 12.5. The summed E-state index contributed by atoms with van der Waals surface area (Å²) in [6.07, 6.45) is 3.17. The number of hydrogen-bond acceptors (Lipinski definition) is 5. The first-order chi connectivity index (χ1) is 9.74. The Balaban J connectivity index is 1.86. The standard InChI is InChI=1S/C13H10N4O2S/c18-11(16-13-14-5-6-20-13)8-17-12(19)10-4-2-1-3-9(10)7-15-17/h1-7H,8H2,(H,14,16,18). The van der Waals surface area contributed by atoms with E-state index in [0.29, 0.717) is 10.5 Å². The van der Waals surface area contributed by atoms with E-state index >= 15 is 0 Å². The van der Waals surface area contributed by atoms with Gasteiger partial charge in [0.15, 0.2) is 5.13 Å². The number of rotatable bonds is 3. The van der Waals surface area contributed by atoms with Crippen LogP contribution in [0, 0.1) is 0 Å². The van der Waals surface area contributed by atoms with Gasteiger partial charge in [-0.1, -0.05) is 18.2 Å². The molecule has 0 atom stereocenters.